The second-order valence-corrected chi connectivity index (χ2v) is 6.04. The maximum Gasteiger partial charge on any atom is 0.243 e. The summed E-state index contributed by atoms with van der Waals surface area (Å²) in [6.45, 7) is 6.33. The van der Waals surface area contributed by atoms with Crippen LogP contribution in [-0.2, 0) is 4.79 Å². The second kappa shape index (κ2) is 6.76. The number of carbonyl (C=O) groups excluding carboxylic acids is 1. The molecule has 0 spiro atoms. The molecule has 0 unspecified atom stereocenters. The van der Waals surface area contributed by atoms with E-state index >= 15 is 0 Å². The molecule has 21 heavy (non-hydrogen) atoms. The van der Waals surface area contributed by atoms with Gasteiger partial charge in [-0.1, -0.05) is 33.6 Å². The molecule has 0 aliphatic rings. The fourth-order valence-electron chi connectivity index (χ4n) is 2.12. The van der Waals surface area contributed by atoms with Crippen LogP contribution in [0, 0.1) is 20.8 Å². The van der Waals surface area contributed by atoms with E-state index < -0.39 is 0 Å². The van der Waals surface area contributed by atoms with Gasteiger partial charge in [0.05, 0.1) is 6.54 Å². The van der Waals surface area contributed by atoms with Gasteiger partial charge in [0.2, 0.25) is 5.91 Å². The average molecular weight is 347 g/mol. The maximum atomic E-state index is 12.0. The topological polar surface area (TPSA) is 41.1 Å². The second-order valence-electron chi connectivity index (χ2n) is 5.18. The first-order valence-electron chi connectivity index (χ1n) is 6.83. The normalized spacial score (nSPS) is 10.3. The van der Waals surface area contributed by atoms with Crippen LogP contribution >= 0.6 is 15.9 Å². The van der Waals surface area contributed by atoms with Crippen molar-refractivity contribution in [3.8, 4) is 0 Å². The molecular weight excluding hydrogens is 328 g/mol. The van der Waals surface area contributed by atoms with Gasteiger partial charge in [-0.05, 0) is 56.2 Å². The van der Waals surface area contributed by atoms with E-state index in [1.54, 1.807) is 0 Å². The van der Waals surface area contributed by atoms with E-state index in [4.69, 9.17) is 0 Å². The van der Waals surface area contributed by atoms with Gasteiger partial charge in [0.25, 0.3) is 0 Å². The molecule has 2 rings (SSSR count). The molecule has 0 heterocycles. The Morgan fingerprint density at radius 3 is 2.48 bits per heavy atom. The average Bonchev–Trinajstić information content (AvgIpc) is 2.42. The minimum Gasteiger partial charge on any atom is -0.376 e. The molecule has 110 valence electrons. The van der Waals surface area contributed by atoms with E-state index in [2.05, 4.69) is 39.6 Å². The van der Waals surface area contributed by atoms with Crippen LogP contribution in [0.2, 0.25) is 0 Å². The van der Waals surface area contributed by atoms with Crippen LogP contribution < -0.4 is 10.6 Å². The number of hydrogen-bond acceptors (Lipinski definition) is 2. The van der Waals surface area contributed by atoms with E-state index in [-0.39, 0.29) is 12.5 Å². The molecule has 0 saturated carbocycles. The summed E-state index contributed by atoms with van der Waals surface area (Å²) in [5.41, 5.74) is 5.25. The summed E-state index contributed by atoms with van der Waals surface area (Å²) in [6, 6.07) is 11.9. The summed E-state index contributed by atoms with van der Waals surface area (Å²) in [4.78, 5) is 12.0. The molecule has 2 aromatic carbocycles. The van der Waals surface area contributed by atoms with Gasteiger partial charge in [-0.3, -0.25) is 4.79 Å². The third-order valence-electron chi connectivity index (χ3n) is 3.26. The summed E-state index contributed by atoms with van der Waals surface area (Å²) in [7, 11) is 0. The van der Waals surface area contributed by atoms with Crippen molar-refractivity contribution in [2.75, 3.05) is 17.2 Å². The highest BCUT2D eigenvalue weighted by Gasteiger charge is 2.05. The lowest BCUT2D eigenvalue weighted by Crippen LogP contribution is -2.22. The smallest absolute Gasteiger partial charge is 0.243 e. The van der Waals surface area contributed by atoms with E-state index in [0.717, 1.165) is 27.0 Å². The first kappa shape index (κ1) is 15.6. The SMILES string of the molecule is Cc1ccc(NCC(=O)Nc2ccc(Br)c(C)c2)c(C)c1. The van der Waals surface area contributed by atoms with Gasteiger partial charge in [-0.25, -0.2) is 0 Å². The van der Waals surface area contributed by atoms with Gasteiger partial charge in [-0.15, -0.1) is 0 Å². The van der Waals surface area contributed by atoms with Crippen molar-refractivity contribution in [3.05, 3.63) is 57.6 Å². The molecule has 0 fully saturated rings. The molecule has 3 nitrogen and oxygen atoms in total. The van der Waals surface area contributed by atoms with Gasteiger partial charge >= 0.3 is 0 Å². The van der Waals surface area contributed by atoms with Crippen molar-refractivity contribution < 1.29 is 4.79 Å². The lowest BCUT2D eigenvalue weighted by Gasteiger charge is -2.11. The molecular formula is C17H19BrN2O. The molecule has 0 aromatic heterocycles. The Balaban J connectivity index is 1.94. The summed E-state index contributed by atoms with van der Waals surface area (Å²) in [5.74, 6) is -0.0586. The van der Waals surface area contributed by atoms with E-state index in [9.17, 15) is 4.79 Å². The van der Waals surface area contributed by atoms with Gasteiger partial charge in [0.1, 0.15) is 0 Å². The van der Waals surface area contributed by atoms with E-state index in [1.807, 2.05) is 44.2 Å². The van der Waals surface area contributed by atoms with Crippen molar-refractivity contribution >= 4 is 33.2 Å². The lowest BCUT2D eigenvalue weighted by atomic mass is 10.1. The molecule has 4 heteroatoms. The van der Waals surface area contributed by atoms with Gasteiger partial charge in [-0.2, -0.15) is 0 Å². The van der Waals surface area contributed by atoms with Crippen LogP contribution in [0.1, 0.15) is 16.7 Å². The highest BCUT2D eigenvalue weighted by Crippen LogP contribution is 2.20. The fraction of sp³-hybridized carbons (Fsp3) is 0.235. The number of anilines is 2. The third-order valence-corrected chi connectivity index (χ3v) is 4.15. The van der Waals surface area contributed by atoms with E-state index in [0.29, 0.717) is 0 Å². The van der Waals surface area contributed by atoms with Gasteiger partial charge in [0.15, 0.2) is 0 Å². The van der Waals surface area contributed by atoms with Crippen molar-refractivity contribution in [2.45, 2.75) is 20.8 Å². The molecule has 0 radical (unpaired) electrons. The Morgan fingerprint density at radius 1 is 1.05 bits per heavy atom. The number of hydrogen-bond donors (Lipinski definition) is 2. The monoisotopic (exact) mass is 346 g/mol. The van der Waals surface area contributed by atoms with Crippen LogP contribution in [0.25, 0.3) is 0 Å². The van der Waals surface area contributed by atoms with Crippen molar-refractivity contribution in [1.82, 2.24) is 0 Å². The van der Waals surface area contributed by atoms with Crippen LogP contribution in [0.3, 0.4) is 0 Å². The fourth-order valence-corrected chi connectivity index (χ4v) is 2.36. The zero-order chi connectivity index (χ0) is 15.4. The maximum absolute atomic E-state index is 12.0. The number of amides is 1. The number of carbonyl (C=O) groups is 1. The van der Waals surface area contributed by atoms with Crippen LogP contribution in [-0.4, -0.2) is 12.5 Å². The van der Waals surface area contributed by atoms with Crippen LogP contribution in [0.4, 0.5) is 11.4 Å². The molecule has 0 bridgehead atoms. The largest absolute Gasteiger partial charge is 0.376 e. The van der Waals surface area contributed by atoms with Crippen molar-refractivity contribution in [3.63, 3.8) is 0 Å². The number of nitrogens with one attached hydrogen (secondary N) is 2. The molecule has 2 aromatic rings. The summed E-state index contributed by atoms with van der Waals surface area (Å²) in [5, 5.41) is 6.05. The molecule has 0 aliphatic heterocycles. The standard InChI is InChI=1S/C17H19BrN2O/c1-11-4-7-16(13(3)8-11)19-10-17(21)20-14-5-6-15(18)12(2)9-14/h4-9,19H,10H2,1-3H3,(H,20,21). The van der Waals surface area contributed by atoms with Gasteiger partial charge in [0, 0.05) is 15.8 Å². The molecule has 0 aliphatic carbocycles. The Bertz CT molecular complexity index is 668. The summed E-state index contributed by atoms with van der Waals surface area (Å²) in [6.07, 6.45) is 0. The van der Waals surface area contributed by atoms with Gasteiger partial charge < -0.3 is 10.6 Å². The number of rotatable bonds is 4. The molecule has 0 atom stereocenters. The predicted octanol–water partition coefficient (Wildman–Crippen LogP) is 4.42. The first-order chi connectivity index (χ1) is 9.95. The minimum absolute atomic E-state index is 0.0586. The molecule has 1 amide bonds. The zero-order valence-corrected chi connectivity index (χ0v) is 14.0. The molecule has 2 N–H and O–H groups in total. The predicted molar refractivity (Wildman–Crippen MR) is 91.9 cm³/mol. The van der Waals surface area contributed by atoms with E-state index in [1.165, 1.54) is 5.56 Å². The Kier molecular flexibility index (Phi) is 5.02. The number of aryl methyl sites for hydroxylation is 3. The summed E-state index contributed by atoms with van der Waals surface area (Å²) >= 11 is 3.45. The third kappa shape index (κ3) is 4.33. The quantitative estimate of drug-likeness (QED) is 0.859. The van der Waals surface area contributed by atoms with Crippen molar-refractivity contribution in [1.29, 1.82) is 0 Å². The highest BCUT2D eigenvalue weighted by atomic mass is 79.9. The highest BCUT2D eigenvalue weighted by molar-refractivity contribution is 9.10. The Morgan fingerprint density at radius 2 is 1.81 bits per heavy atom. The Hall–Kier alpha value is -1.81. The van der Waals surface area contributed by atoms with Crippen LogP contribution in [0.15, 0.2) is 40.9 Å². The molecule has 0 saturated heterocycles. The first-order valence-corrected chi connectivity index (χ1v) is 7.62. The van der Waals surface area contributed by atoms with Crippen molar-refractivity contribution in [2.24, 2.45) is 0 Å². The lowest BCUT2D eigenvalue weighted by molar-refractivity contribution is -0.114. The number of benzene rings is 2. The zero-order valence-electron chi connectivity index (χ0n) is 12.5. The number of halogens is 1. The minimum atomic E-state index is -0.0586. The Labute approximate surface area is 133 Å². The summed E-state index contributed by atoms with van der Waals surface area (Å²) < 4.78 is 1.04. The van der Waals surface area contributed by atoms with Crippen LogP contribution in [0.5, 0.6) is 0 Å².